The first-order chi connectivity index (χ1) is 11.4. The molecule has 2 N–H and O–H groups in total. The highest BCUT2D eigenvalue weighted by Crippen LogP contribution is 2.47. The fourth-order valence-corrected chi connectivity index (χ4v) is 3.52. The normalized spacial score (nSPS) is 22.7. The molecule has 0 spiro atoms. The van der Waals surface area contributed by atoms with Gasteiger partial charge in [-0.05, 0) is 53.8 Å². The molecule has 0 aliphatic heterocycles. The molecule has 0 saturated heterocycles. The van der Waals surface area contributed by atoms with Crippen molar-refractivity contribution >= 4 is 11.9 Å². The minimum atomic E-state index is -1.60. The fraction of sp³-hybridized carbons (Fsp3) is 0.222. The molecule has 0 fully saturated rings. The molecule has 4 nitrogen and oxygen atoms in total. The lowest BCUT2D eigenvalue weighted by molar-refractivity contribution is -0.145. The summed E-state index contributed by atoms with van der Waals surface area (Å²) in [5, 5.41) is 19.3. The fourth-order valence-electron chi connectivity index (χ4n) is 3.52. The SMILES string of the molecule is O=C(O)[C@@H]1CCC(C(=O)O)(c2cccc(F)c2)c2ccc(F)cc21. The molecule has 0 saturated carbocycles. The maximum absolute atomic E-state index is 13.7. The average Bonchev–Trinajstić information content (AvgIpc) is 2.52. The van der Waals surface area contributed by atoms with Crippen molar-refractivity contribution in [2.75, 3.05) is 0 Å². The molecule has 0 radical (unpaired) electrons. The Morgan fingerprint density at radius 3 is 2.38 bits per heavy atom. The number of hydrogen-bond acceptors (Lipinski definition) is 2. The van der Waals surface area contributed by atoms with Crippen molar-refractivity contribution in [2.45, 2.75) is 24.2 Å². The summed E-state index contributed by atoms with van der Waals surface area (Å²) >= 11 is 0. The maximum atomic E-state index is 13.7. The second-order valence-corrected chi connectivity index (χ2v) is 5.88. The zero-order chi connectivity index (χ0) is 17.5. The Morgan fingerprint density at radius 1 is 1.04 bits per heavy atom. The van der Waals surface area contributed by atoms with Crippen LogP contribution < -0.4 is 0 Å². The largest absolute Gasteiger partial charge is 0.481 e. The van der Waals surface area contributed by atoms with Gasteiger partial charge in [-0.25, -0.2) is 8.78 Å². The van der Waals surface area contributed by atoms with Gasteiger partial charge in [-0.15, -0.1) is 0 Å². The van der Waals surface area contributed by atoms with E-state index in [1.54, 1.807) is 0 Å². The summed E-state index contributed by atoms with van der Waals surface area (Å²) < 4.78 is 27.3. The van der Waals surface area contributed by atoms with E-state index >= 15 is 0 Å². The number of rotatable bonds is 3. The molecule has 0 heterocycles. The van der Waals surface area contributed by atoms with Gasteiger partial charge in [0.15, 0.2) is 0 Å². The quantitative estimate of drug-likeness (QED) is 0.904. The highest BCUT2D eigenvalue weighted by molar-refractivity contribution is 5.89. The summed E-state index contributed by atoms with van der Waals surface area (Å²) in [7, 11) is 0. The Labute approximate surface area is 136 Å². The van der Waals surface area contributed by atoms with E-state index in [2.05, 4.69) is 0 Å². The lowest BCUT2D eigenvalue weighted by Crippen LogP contribution is -2.42. The van der Waals surface area contributed by atoms with E-state index in [4.69, 9.17) is 0 Å². The van der Waals surface area contributed by atoms with E-state index in [1.165, 1.54) is 24.3 Å². The lowest BCUT2D eigenvalue weighted by Gasteiger charge is -2.38. The summed E-state index contributed by atoms with van der Waals surface area (Å²) in [4.78, 5) is 23.6. The van der Waals surface area contributed by atoms with Gasteiger partial charge in [-0.1, -0.05) is 18.2 Å². The topological polar surface area (TPSA) is 74.6 Å². The standard InChI is InChI=1S/C18H14F2O4/c19-11-3-1-2-10(8-11)18(17(23)24)7-6-13(16(21)22)14-9-12(20)4-5-15(14)18/h1-5,8-9,13H,6-7H2,(H,21,22)(H,23,24)/t13-,18?/m1/s1. The molecule has 6 heteroatoms. The second-order valence-electron chi connectivity index (χ2n) is 5.88. The first-order valence-electron chi connectivity index (χ1n) is 7.38. The third-order valence-electron chi connectivity index (χ3n) is 4.64. The Bertz CT molecular complexity index is 834. The molecule has 1 aliphatic carbocycles. The van der Waals surface area contributed by atoms with Gasteiger partial charge >= 0.3 is 11.9 Å². The molecule has 0 bridgehead atoms. The first kappa shape index (κ1) is 16.1. The molecule has 2 aromatic carbocycles. The predicted molar refractivity (Wildman–Crippen MR) is 80.8 cm³/mol. The zero-order valence-corrected chi connectivity index (χ0v) is 12.5. The van der Waals surface area contributed by atoms with Crippen LogP contribution in [-0.2, 0) is 15.0 Å². The molecule has 1 aliphatic rings. The lowest BCUT2D eigenvalue weighted by atomic mass is 9.63. The van der Waals surface area contributed by atoms with Crippen LogP contribution in [0.3, 0.4) is 0 Å². The van der Waals surface area contributed by atoms with Crippen LogP contribution in [0.2, 0.25) is 0 Å². The van der Waals surface area contributed by atoms with Crippen LogP contribution in [0.1, 0.15) is 35.4 Å². The molecular formula is C18H14F2O4. The summed E-state index contributed by atoms with van der Waals surface area (Å²) in [5.41, 5.74) is -1.07. The third-order valence-corrected chi connectivity index (χ3v) is 4.64. The van der Waals surface area contributed by atoms with Crippen LogP contribution in [0.15, 0.2) is 42.5 Å². The summed E-state index contributed by atoms with van der Waals surface area (Å²) in [6.07, 6.45) is 0.00991. The van der Waals surface area contributed by atoms with E-state index in [9.17, 15) is 28.6 Å². The van der Waals surface area contributed by atoms with Crippen LogP contribution >= 0.6 is 0 Å². The summed E-state index contributed by atoms with van der Waals surface area (Å²) in [6.45, 7) is 0. The number of fused-ring (bicyclic) bond motifs is 1. The van der Waals surface area contributed by atoms with Crippen molar-refractivity contribution in [1.82, 2.24) is 0 Å². The number of carboxylic acid groups (broad SMARTS) is 2. The average molecular weight is 332 g/mol. The van der Waals surface area contributed by atoms with Crippen molar-refractivity contribution in [1.29, 1.82) is 0 Å². The minimum Gasteiger partial charge on any atom is -0.481 e. The Balaban J connectivity index is 2.31. The van der Waals surface area contributed by atoms with E-state index in [1.807, 2.05) is 0 Å². The molecule has 2 aromatic rings. The Kier molecular flexibility index (Phi) is 3.83. The van der Waals surface area contributed by atoms with Gasteiger partial charge in [0.25, 0.3) is 0 Å². The van der Waals surface area contributed by atoms with Crippen LogP contribution in [0.4, 0.5) is 8.78 Å². The van der Waals surface area contributed by atoms with Gasteiger partial charge in [-0.3, -0.25) is 9.59 Å². The van der Waals surface area contributed by atoms with Gasteiger partial charge < -0.3 is 10.2 Å². The van der Waals surface area contributed by atoms with Crippen LogP contribution in [-0.4, -0.2) is 22.2 Å². The molecule has 24 heavy (non-hydrogen) atoms. The van der Waals surface area contributed by atoms with Gasteiger partial charge in [-0.2, -0.15) is 0 Å². The monoisotopic (exact) mass is 332 g/mol. The van der Waals surface area contributed by atoms with Crippen molar-refractivity contribution in [2.24, 2.45) is 0 Å². The zero-order valence-electron chi connectivity index (χ0n) is 12.5. The van der Waals surface area contributed by atoms with Crippen molar-refractivity contribution in [3.05, 3.63) is 70.8 Å². The van der Waals surface area contributed by atoms with Gasteiger partial charge in [0.1, 0.15) is 17.0 Å². The Morgan fingerprint density at radius 2 is 1.75 bits per heavy atom. The maximum Gasteiger partial charge on any atom is 0.318 e. The molecule has 0 amide bonds. The van der Waals surface area contributed by atoms with Crippen molar-refractivity contribution in [3.63, 3.8) is 0 Å². The van der Waals surface area contributed by atoms with Gasteiger partial charge in [0.2, 0.25) is 0 Å². The number of carbonyl (C=O) groups is 2. The van der Waals surface area contributed by atoms with Crippen LogP contribution in [0.25, 0.3) is 0 Å². The van der Waals surface area contributed by atoms with E-state index in [0.29, 0.717) is 0 Å². The smallest absolute Gasteiger partial charge is 0.318 e. The minimum absolute atomic E-state index is 0.0125. The number of benzene rings is 2. The highest BCUT2D eigenvalue weighted by Gasteiger charge is 2.49. The number of aliphatic carboxylic acids is 2. The third kappa shape index (κ3) is 2.35. The van der Waals surface area contributed by atoms with E-state index in [-0.39, 0.29) is 29.5 Å². The number of halogens is 2. The molecule has 1 unspecified atom stereocenters. The number of hydrogen-bond donors (Lipinski definition) is 2. The Hall–Kier alpha value is -2.76. The van der Waals surface area contributed by atoms with E-state index in [0.717, 1.165) is 18.2 Å². The molecule has 124 valence electrons. The second kappa shape index (κ2) is 5.70. The van der Waals surface area contributed by atoms with E-state index < -0.39 is 34.9 Å². The first-order valence-corrected chi connectivity index (χ1v) is 7.38. The molecule has 2 atom stereocenters. The molecule has 0 aromatic heterocycles. The van der Waals surface area contributed by atoms with Gasteiger partial charge in [0.05, 0.1) is 5.92 Å². The highest BCUT2D eigenvalue weighted by atomic mass is 19.1. The summed E-state index contributed by atoms with van der Waals surface area (Å²) in [6, 6.07) is 8.67. The molecular weight excluding hydrogens is 318 g/mol. The van der Waals surface area contributed by atoms with Crippen LogP contribution in [0.5, 0.6) is 0 Å². The van der Waals surface area contributed by atoms with Crippen molar-refractivity contribution < 1.29 is 28.6 Å². The predicted octanol–water partition coefficient (Wildman–Crippen LogP) is 3.30. The number of carboxylic acids is 2. The summed E-state index contributed by atoms with van der Waals surface area (Å²) in [5.74, 6) is -4.57. The molecule has 3 rings (SSSR count). The van der Waals surface area contributed by atoms with Crippen molar-refractivity contribution in [3.8, 4) is 0 Å². The van der Waals surface area contributed by atoms with Crippen LogP contribution in [0, 0.1) is 11.6 Å². The van der Waals surface area contributed by atoms with Gasteiger partial charge in [0, 0.05) is 0 Å².